The summed E-state index contributed by atoms with van der Waals surface area (Å²) < 4.78 is 1.58. The second-order valence-corrected chi connectivity index (χ2v) is 7.09. The number of nitrogens with two attached hydrogens (primary N) is 1. The number of pyridine rings is 2. The standard InChI is InChI=1S/C24H22N4O2/c25-20-8-2-4-10-22(20)27-23(29)14-12-18-7-5-15-28(24(18)30)16-19-13-11-17-6-1-3-9-21(17)26-19/h1,3-7,9-15H,2,8,16,25H2,(H,27,29)/b14-12+. The van der Waals surface area contributed by atoms with E-state index in [0.717, 1.165) is 29.4 Å². The van der Waals surface area contributed by atoms with Crippen LogP contribution < -0.4 is 16.6 Å². The number of nitrogens with one attached hydrogen (secondary N) is 1. The molecule has 1 aromatic carbocycles. The number of allylic oxidation sites excluding steroid dienone is 3. The lowest BCUT2D eigenvalue weighted by Crippen LogP contribution is -2.24. The van der Waals surface area contributed by atoms with Crippen LogP contribution in [0.25, 0.3) is 17.0 Å². The van der Waals surface area contributed by atoms with Gasteiger partial charge in [-0.2, -0.15) is 0 Å². The maximum Gasteiger partial charge on any atom is 0.258 e. The summed E-state index contributed by atoms with van der Waals surface area (Å²) in [5.74, 6) is -0.328. The number of benzene rings is 1. The van der Waals surface area contributed by atoms with Crippen LogP contribution in [0.2, 0.25) is 0 Å². The Morgan fingerprint density at radius 3 is 2.90 bits per heavy atom. The normalized spacial score (nSPS) is 13.9. The number of amides is 1. The molecule has 0 radical (unpaired) electrons. The minimum absolute atomic E-state index is 0.187. The van der Waals surface area contributed by atoms with Crippen molar-refractivity contribution in [2.45, 2.75) is 19.4 Å². The SMILES string of the molecule is NC1=C(NC(=O)/C=C/c2cccn(Cc3ccc4ccccc4n3)c2=O)C=CCC1. The van der Waals surface area contributed by atoms with E-state index in [4.69, 9.17) is 5.73 Å². The number of para-hydroxylation sites is 1. The van der Waals surface area contributed by atoms with E-state index >= 15 is 0 Å². The largest absolute Gasteiger partial charge is 0.400 e. The molecule has 0 unspecified atom stereocenters. The molecule has 1 aliphatic carbocycles. The van der Waals surface area contributed by atoms with Crippen LogP contribution >= 0.6 is 0 Å². The lowest BCUT2D eigenvalue weighted by Gasteiger charge is -2.12. The van der Waals surface area contributed by atoms with Gasteiger partial charge >= 0.3 is 0 Å². The molecule has 0 atom stereocenters. The van der Waals surface area contributed by atoms with Crippen LogP contribution in [0.3, 0.4) is 0 Å². The highest BCUT2D eigenvalue weighted by atomic mass is 16.1. The van der Waals surface area contributed by atoms with E-state index in [2.05, 4.69) is 10.3 Å². The maximum absolute atomic E-state index is 12.8. The summed E-state index contributed by atoms with van der Waals surface area (Å²) in [6.07, 6.45) is 9.94. The van der Waals surface area contributed by atoms with Crippen molar-refractivity contribution >= 4 is 22.9 Å². The topological polar surface area (TPSA) is 90.0 Å². The number of fused-ring (bicyclic) bond motifs is 1. The van der Waals surface area contributed by atoms with Crippen molar-refractivity contribution in [3.8, 4) is 0 Å². The number of hydrogen-bond acceptors (Lipinski definition) is 4. The van der Waals surface area contributed by atoms with Gasteiger partial charge in [0.05, 0.1) is 23.5 Å². The summed E-state index contributed by atoms with van der Waals surface area (Å²) in [5.41, 5.74) is 9.11. The highest BCUT2D eigenvalue weighted by molar-refractivity contribution is 5.93. The number of aromatic nitrogens is 2. The van der Waals surface area contributed by atoms with Crippen LogP contribution in [-0.4, -0.2) is 15.5 Å². The highest BCUT2D eigenvalue weighted by Crippen LogP contribution is 2.13. The van der Waals surface area contributed by atoms with E-state index in [-0.39, 0.29) is 11.5 Å². The fourth-order valence-electron chi connectivity index (χ4n) is 3.32. The summed E-state index contributed by atoms with van der Waals surface area (Å²) >= 11 is 0. The molecule has 150 valence electrons. The molecule has 0 saturated heterocycles. The van der Waals surface area contributed by atoms with E-state index in [1.807, 2.05) is 42.5 Å². The molecule has 1 aliphatic rings. The van der Waals surface area contributed by atoms with E-state index < -0.39 is 0 Å². The zero-order chi connectivity index (χ0) is 20.9. The van der Waals surface area contributed by atoms with Crippen molar-refractivity contribution < 1.29 is 4.79 Å². The van der Waals surface area contributed by atoms with E-state index in [0.29, 0.717) is 23.5 Å². The van der Waals surface area contributed by atoms with Crippen LogP contribution in [0.1, 0.15) is 24.1 Å². The van der Waals surface area contributed by atoms with Crippen LogP contribution in [-0.2, 0) is 11.3 Å². The van der Waals surface area contributed by atoms with Crippen molar-refractivity contribution in [1.82, 2.24) is 14.9 Å². The molecule has 30 heavy (non-hydrogen) atoms. The monoisotopic (exact) mass is 398 g/mol. The number of carbonyl (C=O) groups is 1. The Morgan fingerprint density at radius 1 is 1.17 bits per heavy atom. The molecule has 0 bridgehead atoms. The Labute approximate surface area is 174 Å². The predicted octanol–water partition coefficient (Wildman–Crippen LogP) is 3.09. The first-order valence-corrected chi connectivity index (χ1v) is 9.78. The molecule has 0 fully saturated rings. The van der Waals surface area contributed by atoms with E-state index in [1.165, 1.54) is 12.2 Å². The average molecular weight is 398 g/mol. The predicted molar refractivity (Wildman–Crippen MR) is 118 cm³/mol. The molecule has 6 heteroatoms. The molecule has 6 nitrogen and oxygen atoms in total. The van der Waals surface area contributed by atoms with Gasteiger partial charge in [0.1, 0.15) is 0 Å². The van der Waals surface area contributed by atoms with Gasteiger partial charge in [-0.05, 0) is 49.3 Å². The Kier molecular flexibility index (Phi) is 5.57. The molecule has 3 aromatic rings. The van der Waals surface area contributed by atoms with Gasteiger partial charge < -0.3 is 15.6 Å². The van der Waals surface area contributed by atoms with Crippen LogP contribution in [0.15, 0.2) is 89.1 Å². The zero-order valence-corrected chi connectivity index (χ0v) is 16.4. The third-order valence-electron chi connectivity index (χ3n) is 4.92. The first kappa shape index (κ1) is 19.4. The third-order valence-corrected chi connectivity index (χ3v) is 4.92. The Morgan fingerprint density at radius 2 is 2.03 bits per heavy atom. The lowest BCUT2D eigenvalue weighted by molar-refractivity contribution is -0.115. The average Bonchev–Trinajstić information content (AvgIpc) is 2.76. The maximum atomic E-state index is 12.8. The lowest BCUT2D eigenvalue weighted by atomic mass is 10.1. The minimum atomic E-state index is -0.328. The van der Waals surface area contributed by atoms with Gasteiger partial charge in [-0.1, -0.05) is 30.3 Å². The van der Waals surface area contributed by atoms with Crippen molar-refractivity contribution in [2.75, 3.05) is 0 Å². The van der Waals surface area contributed by atoms with Crippen molar-refractivity contribution in [2.24, 2.45) is 5.73 Å². The van der Waals surface area contributed by atoms with Gasteiger partial charge in [0, 0.05) is 28.9 Å². The number of hydrogen-bond donors (Lipinski definition) is 2. The molecule has 1 amide bonds. The van der Waals surface area contributed by atoms with E-state index in [1.54, 1.807) is 29.0 Å². The second kappa shape index (κ2) is 8.61. The van der Waals surface area contributed by atoms with Crippen LogP contribution in [0.5, 0.6) is 0 Å². The molecule has 2 heterocycles. The van der Waals surface area contributed by atoms with Crippen molar-refractivity contribution in [3.05, 3.63) is 106 Å². The van der Waals surface area contributed by atoms with Crippen LogP contribution in [0.4, 0.5) is 0 Å². The van der Waals surface area contributed by atoms with Gasteiger partial charge in [-0.15, -0.1) is 0 Å². The number of nitrogens with zero attached hydrogens (tertiary/aromatic N) is 2. The molecule has 0 spiro atoms. The van der Waals surface area contributed by atoms with Crippen LogP contribution in [0, 0.1) is 0 Å². The van der Waals surface area contributed by atoms with E-state index in [9.17, 15) is 9.59 Å². The fourth-order valence-corrected chi connectivity index (χ4v) is 3.32. The zero-order valence-electron chi connectivity index (χ0n) is 16.4. The number of carbonyl (C=O) groups excluding carboxylic acids is 1. The smallest absolute Gasteiger partial charge is 0.258 e. The first-order chi connectivity index (χ1) is 14.6. The molecule has 0 saturated carbocycles. The Bertz CT molecular complexity index is 1250. The quantitative estimate of drug-likeness (QED) is 0.646. The van der Waals surface area contributed by atoms with Gasteiger partial charge in [0.2, 0.25) is 5.91 Å². The Hall–Kier alpha value is -3.93. The van der Waals surface area contributed by atoms with Gasteiger partial charge in [0.15, 0.2) is 0 Å². The summed E-state index contributed by atoms with van der Waals surface area (Å²) in [6.45, 7) is 0.353. The van der Waals surface area contributed by atoms with Gasteiger partial charge in [-0.25, -0.2) is 0 Å². The number of rotatable bonds is 5. The highest BCUT2D eigenvalue weighted by Gasteiger charge is 2.08. The summed E-state index contributed by atoms with van der Waals surface area (Å²) in [4.78, 5) is 29.6. The fraction of sp³-hybridized carbons (Fsp3) is 0.125. The third kappa shape index (κ3) is 4.38. The summed E-state index contributed by atoms with van der Waals surface area (Å²) in [5, 5.41) is 3.81. The molecule has 3 N–H and O–H groups in total. The second-order valence-electron chi connectivity index (χ2n) is 7.09. The van der Waals surface area contributed by atoms with Gasteiger partial charge in [0.25, 0.3) is 5.56 Å². The summed E-state index contributed by atoms with van der Waals surface area (Å²) in [6, 6.07) is 15.2. The van der Waals surface area contributed by atoms with Gasteiger partial charge in [-0.3, -0.25) is 14.6 Å². The molecule has 2 aromatic heterocycles. The summed E-state index contributed by atoms with van der Waals surface area (Å²) in [7, 11) is 0. The molecular weight excluding hydrogens is 376 g/mol. The minimum Gasteiger partial charge on any atom is -0.400 e. The van der Waals surface area contributed by atoms with Crippen molar-refractivity contribution in [3.63, 3.8) is 0 Å². The molecular formula is C24H22N4O2. The molecule has 0 aliphatic heterocycles. The Balaban J connectivity index is 1.51. The first-order valence-electron chi connectivity index (χ1n) is 9.78. The molecule has 4 rings (SSSR count). The van der Waals surface area contributed by atoms with Crippen molar-refractivity contribution in [1.29, 1.82) is 0 Å².